The summed E-state index contributed by atoms with van der Waals surface area (Å²) in [6.45, 7) is 3.39. The van der Waals surface area contributed by atoms with Gasteiger partial charge in [-0.15, -0.1) is 0 Å². The van der Waals surface area contributed by atoms with Gasteiger partial charge in [0.2, 0.25) is 0 Å². The van der Waals surface area contributed by atoms with Gasteiger partial charge in [-0.1, -0.05) is 49.6 Å². The van der Waals surface area contributed by atoms with Gasteiger partial charge in [0.05, 0.1) is 12.2 Å². The molecule has 6 nitrogen and oxygen atoms in total. The Balaban J connectivity index is 1.42. The van der Waals surface area contributed by atoms with Gasteiger partial charge in [0, 0.05) is 43.2 Å². The Kier molecular flexibility index (Phi) is 6.05. The third-order valence-corrected chi connectivity index (χ3v) is 6.95. The Bertz CT molecular complexity index is 904. The van der Waals surface area contributed by atoms with Crippen molar-refractivity contribution in [2.45, 2.75) is 70.4 Å². The Morgan fingerprint density at radius 3 is 2.42 bits per heavy atom. The van der Waals surface area contributed by atoms with E-state index in [1.807, 2.05) is 23.1 Å². The molecule has 2 aromatic rings. The van der Waals surface area contributed by atoms with Crippen LogP contribution in [0.25, 0.3) is 11.4 Å². The van der Waals surface area contributed by atoms with E-state index in [2.05, 4.69) is 22.3 Å². The van der Waals surface area contributed by atoms with Crippen LogP contribution in [0.1, 0.15) is 62.6 Å². The summed E-state index contributed by atoms with van der Waals surface area (Å²) in [5.41, 5.74) is 3.31. The van der Waals surface area contributed by atoms with Crippen LogP contribution in [0.4, 0.5) is 10.6 Å². The largest absolute Gasteiger partial charge is 0.356 e. The molecule has 0 unspecified atom stereocenters. The number of urea groups is 1. The van der Waals surface area contributed by atoms with Crippen LogP contribution in [-0.4, -0.2) is 46.6 Å². The molecule has 31 heavy (non-hydrogen) atoms. The van der Waals surface area contributed by atoms with Crippen molar-refractivity contribution < 1.29 is 4.79 Å². The molecule has 6 heteroatoms. The normalized spacial score (nSPS) is 19.7. The van der Waals surface area contributed by atoms with E-state index < -0.39 is 0 Å². The monoisotopic (exact) mass is 419 g/mol. The standard InChI is InChI=1S/C25H33N5O/c31-25(26-20-12-6-2-7-13-20)30-17-14-22-21(18-30)24(29-15-8-3-9-16-29)28-23(27-22)19-10-4-1-5-11-19/h1,4-5,10-11,20H,2-3,6-9,12-18H2,(H,26,31). The van der Waals surface area contributed by atoms with Crippen molar-refractivity contribution >= 4 is 11.8 Å². The quantitative estimate of drug-likeness (QED) is 0.794. The molecular weight excluding hydrogens is 386 g/mol. The van der Waals surface area contributed by atoms with E-state index in [4.69, 9.17) is 9.97 Å². The molecule has 1 saturated carbocycles. The number of aromatic nitrogens is 2. The Labute approximate surface area is 185 Å². The molecule has 1 N–H and O–H groups in total. The summed E-state index contributed by atoms with van der Waals surface area (Å²) in [6, 6.07) is 10.7. The molecule has 0 spiro atoms. The smallest absolute Gasteiger partial charge is 0.317 e. The molecule has 1 saturated heterocycles. The van der Waals surface area contributed by atoms with Crippen molar-refractivity contribution in [3.8, 4) is 11.4 Å². The first kappa shape index (κ1) is 20.3. The zero-order valence-corrected chi connectivity index (χ0v) is 18.4. The van der Waals surface area contributed by atoms with Crippen LogP contribution in [0.3, 0.4) is 0 Å². The van der Waals surface area contributed by atoms with Gasteiger partial charge in [-0.2, -0.15) is 0 Å². The van der Waals surface area contributed by atoms with Gasteiger partial charge in [-0.25, -0.2) is 14.8 Å². The number of nitrogens with one attached hydrogen (secondary N) is 1. The minimum absolute atomic E-state index is 0.0780. The molecule has 2 fully saturated rings. The summed E-state index contributed by atoms with van der Waals surface area (Å²) in [4.78, 5) is 27.4. The Hall–Kier alpha value is -2.63. The first-order valence-corrected chi connectivity index (χ1v) is 12.0. The molecule has 2 aliphatic heterocycles. The number of carbonyl (C=O) groups excluding carboxylic acids is 1. The minimum atomic E-state index is 0.0780. The van der Waals surface area contributed by atoms with Crippen LogP contribution in [0.2, 0.25) is 0 Å². The van der Waals surface area contributed by atoms with Gasteiger partial charge in [0.1, 0.15) is 5.82 Å². The van der Waals surface area contributed by atoms with Crippen molar-refractivity contribution in [3.05, 3.63) is 41.6 Å². The molecule has 3 heterocycles. The number of carbonyl (C=O) groups is 1. The third kappa shape index (κ3) is 4.53. The van der Waals surface area contributed by atoms with Gasteiger partial charge < -0.3 is 15.1 Å². The van der Waals surface area contributed by atoms with Crippen LogP contribution in [0.5, 0.6) is 0 Å². The Morgan fingerprint density at radius 1 is 0.903 bits per heavy atom. The molecule has 1 aliphatic carbocycles. The van der Waals surface area contributed by atoms with Crippen molar-refractivity contribution in [2.75, 3.05) is 24.5 Å². The van der Waals surface area contributed by atoms with E-state index in [1.54, 1.807) is 0 Å². The number of amides is 2. The first-order valence-electron chi connectivity index (χ1n) is 12.0. The molecule has 5 rings (SSSR count). The fraction of sp³-hybridized carbons (Fsp3) is 0.560. The summed E-state index contributed by atoms with van der Waals surface area (Å²) in [6.07, 6.45) is 10.4. The molecule has 2 amide bonds. The molecule has 3 aliphatic rings. The predicted molar refractivity (Wildman–Crippen MR) is 123 cm³/mol. The fourth-order valence-corrected chi connectivity index (χ4v) is 5.17. The summed E-state index contributed by atoms with van der Waals surface area (Å²) >= 11 is 0. The van der Waals surface area contributed by atoms with Crippen LogP contribution < -0.4 is 10.2 Å². The predicted octanol–water partition coefficient (Wildman–Crippen LogP) is 4.53. The molecule has 0 atom stereocenters. The minimum Gasteiger partial charge on any atom is -0.356 e. The van der Waals surface area contributed by atoms with Gasteiger partial charge in [-0.3, -0.25) is 0 Å². The number of benzene rings is 1. The zero-order valence-electron chi connectivity index (χ0n) is 18.4. The van der Waals surface area contributed by atoms with Crippen molar-refractivity contribution in [3.63, 3.8) is 0 Å². The molecular formula is C25H33N5O. The average Bonchev–Trinajstić information content (AvgIpc) is 2.84. The molecule has 164 valence electrons. The maximum atomic E-state index is 13.0. The topological polar surface area (TPSA) is 61.4 Å². The third-order valence-electron chi connectivity index (χ3n) is 6.95. The van der Waals surface area contributed by atoms with E-state index in [-0.39, 0.29) is 6.03 Å². The highest BCUT2D eigenvalue weighted by molar-refractivity contribution is 5.75. The average molecular weight is 420 g/mol. The van der Waals surface area contributed by atoms with Crippen molar-refractivity contribution in [1.82, 2.24) is 20.2 Å². The highest BCUT2D eigenvalue weighted by Crippen LogP contribution is 2.31. The van der Waals surface area contributed by atoms with E-state index in [9.17, 15) is 4.79 Å². The number of fused-ring (bicyclic) bond motifs is 1. The highest BCUT2D eigenvalue weighted by atomic mass is 16.2. The summed E-state index contributed by atoms with van der Waals surface area (Å²) < 4.78 is 0. The summed E-state index contributed by atoms with van der Waals surface area (Å²) in [7, 11) is 0. The van der Waals surface area contributed by atoms with Gasteiger partial charge in [-0.05, 0) is 32.1 Å². The lowest BCUT2D eigenvalue weighted by Crippen LogP contribution is -2.47. The molecule has 1 aromatic heterocycles. The number of anilines is 1. The van der Waals surface area contributed by atoms with E-state index >= 15 is 0 Å². The van der Waals surface area contributed by atoms with Crippen molar-refractivity contribution in [1.29, 1.82) is 0 Å². The lowest BCUT2D eigenvalue weighted by Gasteiger charge is -2.35. The van der Waals surface area contributed by atoms with Crippen LogP contribution in [0, 0.1) is 0 Å². The molecule has 0 bridgehead atoms. The maximum Gasteiger partial charge on any atom is 0.317 e. The number of nitrogens with zero attached hydrogens (tertiary/aromatic N) is 4. The van der Waals surface area contributed by atoms with Crippen LogP contribution >= 0.6 is 0 Å². The first-order chi connectivity index (χ1) is 15.3. The number of piperidine rings is 1. The second kappa shape index (κ2) is 9.25. The summed E-state index contributed by atoms with van der Waals surface area (Å²) in [5, 5.41) is 3.29. The second-order valence-electron chi connectivity index (χ2n) is 9.17. The molecule has 1 aromatic carbocycles. The van der Waals surface area contributed by atoms with Crippen LogP contribution in [0.15, 0.2) is 30.3 Å². The Morgan fingerprint density at radius 2 is 1.65 bits per heavy atom. The number of hydrogen-bond acceptors (Lipinski definition) is 4. The lowest BCUT2D eigenvalue weighted by molar-refractivity contribution is 0.184. The van der Waals surface area contributed by atoms with Crippen LogP contribution in [-0.2, 0) is 13.0 Å². The molecule has 0 radical (unpaired) electrons. The van der Waals surface area contributed by atoms with E-state index in [0.29, 0.717) is 12.6 Å². The lowest BCUT2D eigenvalue weighted by atomic mass is 9.95. The zero-order chi connectivity index (χ0) is 21.0. The van der Waals surface area contributed by atoms with Crippen molar-refractivity contribution in [2.24, 2.45) is 0 Å². The van der Waals surface area contributed by atoms with E-state index in [0.717, 1.165) is 67.4 Å². The van der Waals surface area contributed by atoms with Gasteiger partial charge >= 0.3 is 6.03 Å². The highest BCUT2D eigenvalue weighted by Gasteiger charge is 2.29. The number of rotatable bonds is 3. The second-order valence-corrected chi connectivity index (χ2v) is 9.17. The maximum absolute atomic E-state index is 13.0. The van der Waals surface area contributed by atoms with E-state index in [1.165, 1.54) is 38.5 Å². The summed E-state index contributed by atoms with van der Waals surface area (Å²) in [5.74, 6) is 1.85. The SMILES string of the molecule is O=C(NC1CCCCC1)N1CCc2nc(-c3ccccc3)nc(N3CCCCC3)c2C1. The number of hydrogen-bond donors (Lipinski definition) is 1. The fourth-order valence-electron chi connectivity index (χ4n) is 5.17. The van der Waals surface area contributed by atoms with Gasteiger partial charge in [0.25, 0.3) is 0 Å². The van der Waals surface area contributed by atoms with Gasteiger partial charge in [0.15, 0.2) is 5.82 Å².